The first-order chi connectivity index (χ1) is 14.6. The Kier molecular flexibility index (Phi) is 4.79. The van der Waals surface area contributed by atoms with E-state index < -0.39 is 0 Å². The summed E-state index contributed by atoms with van der Waals surface area (Å²) in [5.41, 5.74) is 3.48. The van der Waals surface area contributed by atoms with Crippen molar-refractivity contribution in [2.24, 2.45) is 0 Å². The first-order valence-electron chi connectivity index (χ1n) is 10.1. The Bertz CT molecular complexity index is 1260. The summed E-state index contributed by atoms with van der Waals surface area (Å²) in [6.07, 6.45) is 3.39. The van der Waals surface area contributed by atoms with Gasteiger partial charge in [-0.1, -0.05) is 29.8 Å². The van der Waals surface area contributed by atoms with Crippen LogP contribution in [0.15, 0.2) is 46.9 Å². The molecule has 152 valence electrons. The van der Waals surface area contributed by atoms with E-state index in [2.05, 4.69) is 20.2 Å². The van der Waals surface area contributed by atoms with E-state index in [0.717, 1.165) is 42.5 Å². The first kappa shape index (κ1) is 18.9. The minimum atomic E-state index is -0.370. The largest absolute Gasteiger partial charge is 0.450 e. The van der Waals surface area contributed by atoms with Crippen LogP contribution in [0.2, 0.25) is 5.02 Å². The third-order valence-corrected chi connectivity index (χ3v) is 5.99. The molecule has 1 amide bonds. The normalized spacial score (nSPS) is 14.4. The lowest BCUT2D eigenvalue weighted by Crippen LogP contribution is -2.31. The highest BCUT2D eigenvalue weighted by Crippen LogP contribution is 2.34. The SMILES string of the molecule is Cc1c(Cl)cccc1NC(=O)c1nc(N2CCCCC2)c2oc3ccccc3c2n1. The lowest BCUT2D eigenvalue weighted by atomic mass is 10.1. The molecule has 0 saturated carbocycles. The quantitative estimate of drug-likeness (QED) is 0.468. The molecule has 7 heteroatoms. The van der Waals surface area contributed by atoms with Crippen molar-refractivity contribution in [1.82, 2.24) is 9.97 Å². The molecule has 0 aliphatic carbocycles. The number of fused-ring (bicyclic) bond motifs is 3. The van der Waals surface area contributed by atoms with E-state index >= 15 is 0 Å². The molecule has 1 fully saturated rings. The van der Waals surface area contributed by atoms with Crippen molar-refractivity contribution in [3.8, 4) is 0 Å². The fraction of sp³-hybridized carbons (Fsp3) is 0.261. The van der Waals surface area contributed by atoms with Crippen LogP contribution in [0.3, 0.4) is 0 Å². The number of carbonyl (C=O) groups excluding carboxylic acids is 1. The van der Waals surface area contributed by atoms with E-state index in [1.165, 1.54) is 6.42 Å². The first-order valence-corrected chi connectivity index (χ1v) is 10.5. The van der Waals surface area contributed by atoms with Crippen LogP contribution >= 0.6 is 11.6 Å². The Morgan fingerprint density at radius 1 is 1.07 bits per heavy atom. The predicted molar refractivity (Wildman–Crippen MR) is 120 cm³/mol. The molecule has 0 spiro atoms. The maximum absolute atomic E-state index is 13.1. The van der Waals surface area contributed by atoms with E-state index in [1.807, 2.05) is 37.3 Å². The van der Waals surface area contributed by atoms with Crippen molar-refractivity contribution in [2.75, 3.05) is 23.3 Å². The summed E-state index contributed by atoms with van der Waals surface area (Å²) < 4.78 is 6.11. The molecule has 0 radical (unpaired) electrons. The van der Waals surface area contributed by atoms with Crippen LogP contribution in [0.25, 0.3) is 22.1 Å². The highest BCUT2D eigenvalue weighted by molar-refractivity contribution is 6.31. The van der Waals surface area contributed by atoms with Crippen LogP contribution in [0.1, 0.15) is 35.4 Å². The minimum absolute atomic E-state index is 0.119. The number of piperidine rings is 1. The molecule has 1 aliphatic heterocycles. The van der Waals surface area contributed by atoms with Gasteiger partial charge in [0.2, 0.25) is 5.82 Å². The summed E-state index contributed by atoms with van der Waals surface area (Å²) >= 11 is 6.20. The monoisotopic (exact) mass is 420 g/mol. The molecule has 3 heterocycles. The van der Waals surface area contributed by atoms with E-state index in [1.54, 1.807) is 12.1 Å². The maximum atomic E-state index is 13.1. The molecular formula is C23H21ClN4O2. The van der Waals surface area contributed by atoms with Gasteiger partial charge in [-0.2, -0.15) is 0 Å². The number of anilines is 2. The van der Waals surface area contributed by atoms with Crippen molar-refractivity contribution >= 4 is 51.1 Å². The number of rotatable bonds is 3. The lowest BCUT2D eigenvalue weighted by molar-refractivity contribution is 0.101. The van der Waals surface area contributed by atoms with Gasteiger partial charge < -0.3 is 14.6 Å². The number of hydrogen-bond donors (Lipinski definition) is 1. The average Bonchev–Trinajstić information content (AvgIpc) is 3.15. The highest BCUT2D eigenvalue weighted by Gasteiger charge is 2.24. The molecule has 6 nitrogen and oxygen atoms in total. The summed E-state index contributed by atoms with van der Waals surface area (Å²) in [4.78, 5) is 24.5. The summed E-state index contributed by atoms with van der Waals surface area (Å²) in [7, 11) is 0. The van der Waals surface area contributed by atoms with Gasteiger partial charge in [-0.3, -0.25) is 4.79 Å². The van der Waals surface area contributed by atoms with Crippen molar-refractivity contribution in [1.29, 1.82) is 0 Å². The number of aromatic nitrogens is 2. The van der Waals surface area contributed by atoms with Gasteiger partial charge in [-0.25, -0.2) is 9.97 Å². The molecule has 1 N–H and O–H groups in total. The molecule has 4 aromatic rings. The molecule has 1 saturated heterocycles. The zero-order chi connectivity index (χ0) is 20.7. The Labute approximate surface area is 178 Å². The minimum Gasteiger partial charge on any atom is -0.450 e. The molecule has 30 heavy (non-hydrogen) atoms. The van der Waals surface area contributed by atoms with Gasteiger partial charge in [0.05, 0.1) is 0 Å². The predicted octanol–water partition coefficient (Wildman–Crippen LogP) is 5.58. The molecule has 0 bridgehead atoms. The van der Waals surface area contributed by atoms with Crippen molar-refractivity contribution in [3.63, 3.8) is 0 Å². The van der Waals surface area contributed by atoms with Crippen molar-refractivity contribution < 1.29 is 9.21 Å². The second-order valence-electron chi connectivity index (χ2n) is 7.56. The number of benzene rings is 2. The molecule has 5 rings (SSSR count). The number of nitrogens with zero attached hydrogens (tertiary/aromatic N) is 3. The lowest BCUT2D eigenvalue weighted by Gasteiger charge is -2.27. The van der Waals surface area contributed by atoms with E-state index in [-0.39, 0.29) is 11.7 Å². The van der Waals surface area contributed by atoms with Crippen LogP contribution in [0.4, 0.5) is 11.5 Å². The second kappa shape index (κ2) is 7.61. The zero-order valence-corrected chi connectivity index (χ0v) is 17.4. The third-order valence-electron chi connectivity index (χ3n) is 5.58. The highest BCUT2D eigenvalue weighted by atomic mass is 35.5. The molecular weight excluding hydrogens is 400 g/mol. The number of para-hydroxylation sites is 1. The van der Waals surface area contributed by atoms with Crippen LogP contribution in [0, 0.1) is 6.92 Å². The zero-order valence-electron chi connectivity index (χ0n) is 16.6. The number of amides is 1. The second-order valence-corrected chi connectivity index (χ2v) is 7.97. The number of furan rings is 1. The standard InChI is InChI=1S/C23H21ClN4O2/c1-14-16(24)9-7-10-17(14)25-23(29)21-26-19-15-8-3-4-11-18(15)30-20(19)22(27-21)28-12-5-2-6-13-28/h3-4,7-11H,2,5-6,12-13H2,1H3,(H,25,29). The van der Waals surface area contributed by atoms with Gasteiger partial charge in [0.15, 0.2) is 11.4 Å². The van der Waals surface area contributed by atoms with Crippen molar-refractivity contribution in [3.05, 3.63) is 58.9 Å². The van der Waals surface area contributed by atoms with Crippen LogP contribution < -0.4 is 10.2 Å². The summed E-state index contributed by atoms with van der Waals surface area (Å²) in [5, 5.41) is 4.38. The van der Waals surface area contributed by atoms with E-state index in [0.29, 0.717) is 27.6 Å². The molecule has 0 unspecified atom stereocenters. The molecule has 2 aromatic carbocycles. The molecule has 0 atom stereocenters. The fourth-order valence-corrected chi connectivity index (χ4v) is 4.09. The molecule has 1 aliphatic rings. The summed E-state index contributed by atoms with van der Waals surface area (Å²) in [6, 6.07) is 13.1. The Hall–Kier alpha value is -3.12. The number of carbonyl (C=O) groups is 1. The van der Waals surface area contributed by atoms with Gasteiger partial charge in [0.25, 0.3) is 5.91 Å². The fourth-order valence-electron chi connectivity index (χ4n) is 3.92. The van der Waals surface area contributed by atoms with E-state index in [4.69, 9.17) is 16.0 Å². The maximum Gasteiger partial charge on any atom is 0.293 e. The van der Waals surface area contributed by atoms with Gasteiger partial charge in [-0.15, -0.1) is 0 Å². The van der Waals surface area contributed by atoms with Gasteiger partial charge in [0, 0.05) is 29.2 Å². The Balaban J connectivity index is 1.63. The number of nitrogens with one attached hydrogen (secondary N) is 1. The van der Waals surface area contributed by atoms with E-state index in [9.17, 15) is 4.79 Å². The number of hydrogen-bond acceptors (Lipinski definition) is 5. The Morgan fingerprint density at radius 2 is 1.87 bits per heavy atom. The summed E-state index contributed by atoms with van der Waals surface area (Å²) in [6.45, 7) is 3.64. The number of halogens is 1. The average molecular weight is 421 g/mol. The molecule has 2 aromatic heterocycles. The smallest absolute Gasteiger partial charge is 0.293 e. The van der Waals surface area contributed by atoms with Crippen LogP contribution in [-0.2, 0) is 0 Å². The topological polar surface area (TPSA) is 71.3 Å². The third kappa shape index (κ3) is 3.27. The van der Waals surface area contributed by atoms with Gasteiger partial charge >= 0.3 is 0 Å². The van der Waals surface area contributed by atoms with Gasteiger partial charge in [0.1, 0.15) is 11.1 Å². The summed E-state index contributed by atoms with van der Waals surface area (Å²) in [5.74, 6) is 0.434. The van der Waals surface area contributed by atoms with Crippen LogP contribution in [0.5, 0.6) is 0 Å². The Morgan fingerprint density at radius 3 is 2.70 bits per heavy atom. The van der Waals surface area contributed by atoms with Gasteiger partial charge in [-0.05, 0) is 56.0 Å². The van der Waals surface area contributed by atoms with Crippen LogP contribution in [-0.4, -0.2) is 29.0 Å². The van der Waals surface area contributed by atoms with Crippen molar-refractivity contribution in [2.45, 2.75) is 26.2 Å².